The second kappa shape index (κ2) is 10.6. The zero-order valence-electron chi connectivity index (χ0n) is 16.1. The molecule has 2 rings (SSSR count). The highest BCUT2D eigenvalue weighted by Crippen LogP contribution is 2.35. The summed E-state index contributed by atoms with van der Waals surface area (Å²) in [5.74, 6) is -1.25. The normalized spacial score (nSPS) is 10.9. The first-order valence-electron chi connectivity index (χ1n) is 9.64. The Morgan fingerprint density at radius 3 is 2.41 bits per heavy atom. The largest absolute Gasteiger partial charge is 0.504 e. The number of aromatic hydroxyl groups is 1. The standard InChI is InChI=1S/C21H28O6/c1-3-4-5-6-7-8-9-10-14-25-17-13-11-12-16-18(23)20(26-15(2)22)21(24)27-19(16)17/h11-13,23H,3-10,14H2,1-2H3. The molecule has 1 heterocycles. The summed E-state index contributed by atoms with van der Waals surface area (Å²) in [6.07, 6.45) is 9.58. The van der Waals surface area contributed by atoms with Gasteiger partial charge < -0.3 is 19.0 Å². The average molecular weight is 376 g/mol. The van der Waals surface area contributed by atoms with Crippen LogP contribution < -0.4 is 15.1 Å². The maximum Gasteiger partial charge on any atom is 0.383 e. The van der Waals surface area contributed by atoms with Gasteiger partial charge in [0.2, 0.25) is 0 Å². The van der Waals surface area contributed by atoms with Crippen molar-refractivity contribution >= 4 is 16.9 Å². The Balaban J connectivity index is 1.95. The van der Waals surface area contributed by atoms with Crippen molar-refractivity contribution in [2.24, 2.45) is 0 Å². The Labute approximate surface area is 159 Å². The Morgan fingerprint density at radius 1 is 1.07 bits per heavy atom. The van der Waals surface area contributed by atoms with Gasteiger partial charge in [0.15, 0.2) is 17.1 Å². The van der Waals surface area contributed by atoms with Crippen molar-refractivity contribution in [1.82, 2.24) is 0 Å². The van der Waals surface area contributed by atoms with Crippen molar-refractivity contribution in [2.45, 2.75) is 65.2 Å². The van der Waals surface area contributed by atoms with E-state index in [2.05, 4.69) is 6.92 Å². The molecule has 148 valence electrons. The van der Waals surface area contributed by atoms with Crippen LogP contribution in [-0.2, 0) is 4.79 Å². The minimum Gasteiger partial charge on any atom is -0.504 e. The Bertz CT molecular complexity index is 808. The smallest absolute Gasteiger partial charge is 0.383 e. The summed E-state index contributed by atoms with van der Waals surface area (Å²) in [7, 11) is 0. The molecule has 0 saturated heterocycles. The molecule has 0 aliphatic rings. The van der Waals surface area contributed by atoms with Crippen LogP contribution in [0.3, 0.4) is 0 Å². The third kappa shape index (κ3) is 6.01. The van der Waals surface area contributed by atoms with Crippen LogP contribution >= 0.6 is 0 Å². The molecule has 0 spiro atoms. The van der Waals surface area contributed by atoms with Crippen LogP contribution in [0.15, 0.2) is 27.4 Å². The fraction of sp³-hybridized carbons (Fsp3) is 0.524. The van der Waals surface area contributed by atoms with Crippen molar-refractivity contribution < 1.29 is 23.8 Å². The minimum absolute atomic E-state index is 0.149. The molecule has 6 nitrogen and oxygen atoms in total. The molecule has 0 aliphatic heterocycles. The first-order valence-corrected chi connectivity index (χ1v) is 9.64. The fourth-order valence-corrected chi connectivity index (χ4v) is 2.93. The van der Waals surface area contributed by atoms with Crippen LogP contribution in [0.2, 0.25) is 0 Å². The van der Waals surface area contributed by atoms with Crippen molar-refractivity contribution in [3.63, 3.8) is 0 Å². The molecule has 1 aromatic carbocycles. The molecule has 2 aromatic rings. The van der Waals surface area contributed by atoms with Gasteiger partial charge >= 0.3 is 11.6 Å². The quantitative estimate of drug-likeness (QED) is 0.339. The van der Waals surface area contributed by atoms with Crippen molar-refractivity contribution in [1.29, 1.82) is 0 Å². The lowest BCUT2D eigenvalue weighted by molar-refractivity contribution is -0.132. The highest BCUT2D eigenvalue weighted by molar-refractivity contribution is 5.90. The zero-order valence-corrected chi connectivity index (χ0v) is 16.1. The molecule has 0 saturated carbocycles. The maximum absolute atomic E-state index is 12.0. The van der Waals surface area contributed by atoms with E-state index in [1.807, 2.05) is 0 Å². The summed E-state index contributed by atoms with van der Waals surface area (Å²) in [5.41, 5.74) is -0.770. The van der Waals surface area contributed by atoms with E-state index < -0.39 is 23.1 Å². The number of fused-ring (bicyclic) bond motifs is 1. The summed E-state index contributed by atoms with van der Waals surface area (Å²) in [6.45, 7) is 3.86. The summed E-state index contributed by atoms with van der Waals surface area (Å²) >= 11 is 0. The van der Waals surface area contributed by atoms with Crippen LogP contribution in [0.5, 0.6) is 17.2 Å². The molecule has 6 heteroatoms. The van der Waals surface area contributed by atoms with Gasteiger partial charge in [0.05, 0.1) is 12.0 Å². The number of unbranched alkanes of at least 4 members (excludes halogenated alkanes) is 7. The van der Waals surface area contributed by atoms with Crippen LogP contribution in [0.25, 0.3) is 11.0 Å². The molecule has 0 unspecified atom stereocenters. The second-order valence-electron chi connectivity index (χ2n) is 6.62. The number of carbonyl (C=O) groups excluding carboxylic acids is 1. The number of hydrogen-bond acceptors (Lipinski definition) is 6. The number of para-hydroxylation sites is 1. The van der Waals surface area contributed by atoms with E-state index in [1.165, 1.54) is 38.5 Å². The van der Waals surface area contributed by atoms with Gasteiger partial charge in [-0.3, -0.25) is 4.79 Å². The summed E-state index contributed by atoms with van der Waals surface area (Å²) in [6, 6.07) is 4.94. The number of ether oxygens (including phenoxy) is 2. The topological polar surface area (TPSA) is 86.0 Å². The summed E-state index contributed by atoms with van der Waals surface area (Å²) in [4.78, 5) is 23.1. The predicted molar refractivity (Wildman–Crippen MR) is 104 cm³/mol. The van der Waals surface area contributed by atoms with E-state index in [0.717, 1.165) is 19.8 Å². The SMILES string of the molecule is CCCCCCCCCCOc1cccc2c(O)c(OC(C)=O)c(=O)oc12. The number of benzene rings is 1. The number of esters is 1. The number of hydrogen-bond donors (Lipinski definition) is 1. The second-order valence-corrected chi connectivity index (χ2v) is 6.62. The van der Waals surface area contributed by atoms with Crippen LogP contribution in [0.4, 0.5) is 0 Å². The highest BCUT2D eigenvalue weighted by Gasteiger charge is 2.19. The molecule has 0 atom stereocenters. The van der Waals surface area contributed by atoms with Crippen molar-refractivity contribution in [2.75, 3.05) is 6.61 Å². The third-order valence-electron chi connectivity index (χ3n) is 4.33. The summed E-state index contributed by atoms with van der Waals surface area (Å²) in [5, 5.41) is 10.5. The Hall–Kier alpha value is -2.50. The van der Waals surface area contributed by atoms with Gasteiger partial charge in [0.25, 0.3) is 5.75 Å². The van der Waals surface area contributed by atoms with E-state index in [-0.39, 0.29) is 11.0 Å². The molecule has 0 radical (unpaired) electrons. The molecule has 1 aromatic heterocycles. The van der Waals surface area contributed by atoms with Gasteiger partial charge in [-0.05, 0) is 18.6 Å². The Morgan fingerprint density at radius 2 is 1.74 bits per heavy atom. The van der Waals surface area contributed by atoms with E-state index in [4.69, 9.17) is 13.9 Å². The molecule has 0 bridgehead atoms. The van der Waals surface area contributed by atoms with Crippen molar-refractivity contribution in [3.05, 3.63) is 28.6 Å². The molecular formula is C21H28O6. The molecule has 0 fully saturated rings. The number of rotatable bonds is 11. The first kappa shape index (κ1) is 20.8. The van der Waals surface area contributed by atoms with E-state index in [9.17, 15) is 14.7 Å². The molecule has 0 aliphatic carbocycles. The van der Waals surface area contributed by atoms with Gasteiger partial charge in [-0.25, -0.2) is 4.79 Å². The van der Waals surface area contributed by atoms with Crippen LogP contribution in [0, 0.1) is 0 Å². The van der Waals surface area contributed by atoms with Gasteiger partial charge in [-0.2, -0.15) is 0 Å². The van der Waals surface area contributed by atoms with Gasteiger partial charge in [0.1, 0.15) is 0 Å². The number of carbonyl (C=O) groups is 1. The van der Waals surface area contributed by atoms with E-state index >= 15 is 0 Å². The average Bonchev–Trinajstić information content (AvgIpc) is 2.64. The fourth-order valence-electron chi connectivity index (χ4n) is 2.93. The lowest BCUT2D eigenvalue weighted by atomic mass is 10.1. The van der Waals surface area contributed by atoms with Gasteiger partial charge in [0, 0.05) is 6.92 Å². The molecule has 0 amide bonds. The van der Waals surface area contributed by atoms with Crippen molar-refractivity contribution in [3.8, 4) is 17.2 Å². The monoisotopic (exact) mass is 376 g/mol. The van der Waals surface area contributed by atoms with Gasteiger partial charge in [-0.15, -0.1) is 0 Å². The lowest BCUT2D eigenvalue weighted by Crippen LogP contribution is -2.11. The summed E-state index contributed by atoms with van der Waals surface area (Å²) < 4.78 is 15.7. The first-order chi connectivity index (χ1) is 13.0. The zero-order chi connectivity index (χ0) is 19.6. The molecule has 1 N–H and O–H groups in total. The molecule has 27 heavy (non-hydrogen) atoms. The highest BCUT2D eigenvalue weighted by atomic mass is 16.6. The van der Waals surface area contributed by atoms with E-state index in [0.29, 0.717) is 12.4 Å². The Kier molecular flexibility index (Phi) is 8.17. The van der Waals surface area contributed by atoms with E-state index in [1.54, 1.807) is 18.2 Å². The van der Waals surface area contributed by atoms with Crippen LogP contribution in [0.1, 0.15) is 65.2 Å². The maximum atomic E-state index is 12.0. The lowest BCUT2D eigenvalue weighted by Gasteiger charge is -2.10. The predicted octanol–water partition coefficient (Wildman–Crippen LogP) is 4.94. The van der Waals surface area contributed by atoms with Gasteiger partial charge in [-0.1, -0.05) is 57.9 Å². The van der Waals surface area contributed by atoms with Crippen LogP contribution in [-0.4, -0.2) is 17.7 Å². The third-order valence-corrected chi connectivity index (χ3v) is 4.33. The minimum atomic E-state index is -0.918. The molecular weight excluding hydrogens is 348 g/mol.